The Morgan fingerprint density at radius 2 is 2.33 bits per heavy atom. The normalized spacial score (nSPS) is 26.7. The van der Waals surface area contributed by atoms with Gasteiger partial charge in [0.15, 0.2) is 0 Å². The van der Waals surface area contributed by atoms with Crippen molar-refractivity contribution in [2.45, 2.75) is 37.5 Å². The van der Waals surface area contributed by atoms with Crippen LogP contribution in [0.2, 0.25) is 0 Å². The summed E-state index contributed by atoms with van der Waals surface area (Å²) in [6, 6.07) is 1.40. The summed E-state index contributed by atoms with van der Waals surface area (Å²) in [6.07, 6.45) is -0.383. The van der Waals surface area contributed by atoms with Gasteiger partial charge in [-0.1, -0.05) is 6.08 Å². The highest BCUT2D eigenvalue weighted by atomic mass is 16.5. The van der Waals surface area contributed by atoms with Crippen LogP contribution in [-0.2, 0) is 11.3 Å². The Kier molecular flexibility index (Phi) is 4.73. The van der Waals surface area contributed by atoms with Gasteiger partial charge in [0, 0.05) is 12.6 Å². The van der Waals surface area contributed by atoms with E-state index in [4.69, 9.17) is 15.3 Å². The van der Waals surface area contributed by atoms with Crippen molar-refractivity contribution in [2.24, 2.45) is 0 Å². The Labute approximate surface area is 120 Å². The van der Waals surface area contributed by atoms with Crippen LogP contribution in [0.3, 0.4) is 0 Å². The first-order valence-corrected chi connectivity index (χ1v) is 6.59. The van der Waals surface area contributed by atoms with E-state index in [2.05, 4.69) is 6.58 Å². The van der Waals surface area contributed by atoms with Gasteiger partial charge in [0.1, 0.15) is 17.8 Å². The zero-order chi connectivity index (χ0) is 15.6. The highest BCUT2D eigenvalue weighted by Gasteiger charge is 2.35. The number of hydrogen-bond donors (Lipinski definition) is 4. The van der Waals surface area contributed by atoms with E-state index in [-0.39, 0.29) is 25.1 Å². The maximum Gasteiger partial charge on any atom is 0.331 e. The van der Waals surface area contributed by atoms with Crippen molar-refractivity contribution in [3.05, 3.63) is 40.9 Å². The van der Waals surface area contributed by atoms with Gasteiger partial charge in [0.2, 0.25) is 0 Å². The van der Waals surface area contributed by atoms with Crippen LogP contribution in [0.25, 0.3) is 0 Å². The first-order valence-electron chi connectivity index (χ1n) is 6.59. The Balaban J connectivity index is 2.34. The minimum absolute atomic E-state index is 0.0468. The molecule has 1 unspecified atom stereocenters. The molecular formula is C13H19N3O5. The van der Waals surface area contributed by atoms with Crippen LogP contribution >= 0.6 is 0 Å². The van der Waals surface area contributed by atoms with E-state index in [0.29, 0.717) is 0 Å². The molecule has 1 aliphatic heterocycles. The Morgan fingerprint density at radius 1 is 1.62 bits per heavy atom. The zero-order valence-electron chi connectivity index (χ0n) is 11.4. The van der Waals surface area contributed by atoms with E-state index in [9.17, 15) is 15.0 Å². The molecule has 4 N–H and O–H groups in total. The minimum atomic E-state index is -0.942. The Hall–Kier alpha value is -1.74. The van der Waals surface area contributed by atoms with Crippen molar-refractivity contribution in [1.29, 1.82) is 5.41 Å². The molecule has 21 heavy (non-hydrogen) atoms. The standard InChI is InChI=1S/C13H19N3O5/c1-2-8(18)6-16-11(14)3-4-15(13(16)20)12-5-9(19)10(7-17)21-12/h2-4,8-10,12,14,17-19H,1,5-7H2/t8?,9-,10+,12+/m0/s1. The van der Waals surface area contributed by atoms with Crippen LogP contribution in [0.5, 0.6) is 0 Å². The van der Waals surface area contributed by atoms with Crippen molar-refractivity contribution in [1.82, 2.24) is 9.13 Å². The van der Waals surface area contributed by atoms with Gasteiger partial charge >= 0.3 is 5.69 Å². The number of aromatic nitrogens is 2. The number of ether oxygens (including phenoxy) is 1. The second-order valence-corrected chi connectivity index (χ2v) is 4.92. The molecule has 0 spiro atoms. The zero-order valence-corrected chi connectivity index (χ0v) is 11.4. The third-order valence-corrected chi connectivity index (χ3v) is 3.47. The predicted octanol–water partition coefficient (Wildman–Crippen LogP) is -1.68. The topological polar surface area (TPSA) is 121 Å². The second kappa shape index (κ2) is 6.35. The molecule has 0 amide bonds. The maximum absolute atomic E-state index is 12.4. The highest BCUT2D eigenvalue weighted by Crippen LogP contribution is 2.26. The van der Waals surface area contributed by atoms with Crippen molar-refractivity contribution in [3.63, 3.8) is 0 Å². The summed E-state index contributed by atoms with van der Waals surface area (Å²) in [7, 11) is 0. The number of aliphatic hydroxyl groups excluding tert-OH is 3. The van der Waals surface area contributed by atoms with E-state index in [1.54, 1.807) is 0 Å². The predicted molar refractivity (Wildman–Crippen MR) is 72.4 cm³/mol. The van der Waals surface area contributed by atoms with Gasteiger partial charge < -0.3 is 20.1 Å². The number of nitrogens with zero attached hydrogens (tertiary/aromatic N) is 2. The first-order chi connectivity index (χ1) is 9.97. The molecule has 8 heteroatoms. The summed E-state index contributed by atoms with van der Waals surface area (Å²) in [5.74, 6) is 0. The fourth-order valence-corrected chi connectivity index (χ4v) is 2.25. The lowest BCUT2D eigenvalue weighted by atomic mass is 10.2. The SMILES string of the molecule is C=CC(O)Cn1c(=N)ccn([C@H]2C[C@H](O)[C@@H](CO)O2)c1=O. The van der Waals surface area contributed by atoms with E-state index in [0.717, 1.165) is 4.57 Å². The molecule has 1 aliphatic rings. The molecular weight excluding hydrogens is 278 g/mol. The second-order valence-electron chi connectivity index (χ2n) is 4.92. The van der Waals surface area contributed by atoms with Crippen LogP contribution in [-0.4, -0.2) is 49.4 Å². The molecule has 2 heterocycles. The molecule has 1 aromatic heterocycles. The Morgan fingerprint density at radius 3 is 2.90 bits per heavy atom. The van der Waals surface area contributed by atoms with E-state index < -0.39 is 30.2 Å². The fraction of sp³-hybridized carbons (Fsp3) is 0.538. The summed E-state index contributed by atoms with van der Waals surface area (Å²) >= 11 is 0. The molecule has 0 radical (unpaired) electrons. The molecule has 1 saturated heterocycles. The molecule has 0 aliphatic carbocycles. The molecule has 0 saturated carbocycles. The smallest absolute Gasteiger partial charge is 0.331 e. The van der Waals surface area contributed by atoms with Crippen LogP contribution in [0.15, 0.2) is 29.7 Å². The summed E-state index contributed by atoms with van der Waals surface area (Å²) in [5.41, 5.74) is -0.575. The molecule has 0 aromatic carbocycles. The third-order valence-electron chi connectivity index (χ3n) is 3.47. The van der Waals surface area contributed by atoms with Crippen LogP contribution < -0.4 is 11.2 Å². The first kappa shape index (κ1) is 15.6. The monoisotopic (exact) mass is 297 g/mol. The molecule has 1 fully saturated rings. The molecule has 2 rings (SSSR count). The summed E-state index contributed by atoms with van der Waals surface area (Å²) < 4.78 is 7.76. The van der Waals surface area contributed by atoms with E-state index in [1.807, 2.05) is 0 Å². The van der Waals surface area contributed by atoms with E-state index >= 15 is 0 Å². The van der Waals surface area contributed by atoms with Gasteiger partial charge in [0.25, 0.3) is 0 Å². The highest BCUT2D eigenvalue weighted by molar-refractivity contribution is 4.91. The van der Waals surface area contributed by atoms with Crippen LogP contribution in [0.4, 0.5) is 0 Å². The molecule has 8 nitrogen and oxygen atoms in total. The Bertz CT molecular complexity index is 623. The summed E-state index contributed by atoms with van der Waals surface area (Å²) in [6.45, 7) is 3.01. The van der Waals surface area contributed by atoms with Crippen molar-refractivity contribution in [3.8, 4) is 0 Å². The van der Waals surface area contributed by atoms with E-state index in [1.165, 1.54) is 22.9 Å². The number of aliphatic hydroxyl groups is 3. The van der Waals surface area contributed by atoms with Gasteiger partial charge in [-0.2, -0.15) is 0 Å². The lowest BCUT2D eigenvalue weighted by molar-refractivity contribution is -0.0464. The fourth-order valence-electron chi connectivity index (χ4n) is 2.25. The van der Waals surface area contributed by atoms with Crippen LogP contribution in [0, 0.1) is 5.41 Å². The van der Waals surface area contributed by atoms with Gasteiger partial charge in [-0.15, -0.1) is 6.58 Å². The van der Waals surface area contributed by atoms with Gasteiger partial charge in [-0.25, -0.2) is 4.79 Å². The number of nitrogens with one attached hydrogen (secondary N) is 1. The number of rotatable bonds is 5. The van der Waals surface area contributed by atoms with Gasteiger partial charge in [-0.3, -0.25) is 14.5 Å². The molecule has 116 valence electrons. The largest absolute Gasteiger partial charge is 0.394 e. The average Bonchev–Trinajstić information content (AvgIpc) is 2.84. The third kappa shape index (κ3) is 3.13. The van der Waals surface area contributed by atoms with Crippen molar-refractivity contribution < 1.29 is 20.1 Å². The van der Waals surface area contributed by atoms with Gasteiger partial charge in [0.05, 0.1) is 25.4 Å². The lowest BCUT2D eigenvalue weighted by Crippen LogP contribution is -2.42. The summed E-state index contributed by atoms with van der Waals surface area (Å²) in [4.78, 5) is 12.4. The molecule has 0 bridgehead atoms. The van der Waals surface area contributed by atoms with Crippen LogP contribution in [0.1, 0.15) is 12.6 Å². The number of hydrogen-bond acceptors (Lipinski definition) is 6. The summed E-state index contributed by atoms with van der Waals surface area (Å²) in [5, 5.41) is 36.1. The molecule has 1 aromatic rings. The van der Waals surface area contributed by atoms with Crippen molar-refractivity contribution >= 4 is 0 Å². The van der Waals surface area contributed by atoms with Crippen molar-refractivity contribution in [2.75, 3.05) is 6.61 Å². The average molecular weight is 297 g/mol. The maximum atomic E-state index is 12.4. The lowest BCUT2D eigenvalue weighted by Gasteiger charge is -2.17. The quantitative estimate of drug-likeness (QED) is 0.484. The molecule has 4 atom stereocenters. The van der Waals surface area contributed by atoms with Gasteiger partial charge in [-0.05, 0) is 6.07 Å². The minimum Gasteiger partial charge on any atom is -0.394 e.